The van der Waals surface area contributed by atoms with Crippen LogP contribution in [0.5, 0.6) is 0 Å². The molecular formula is C18H25BrN2O. The molecule has 4 heteroatoms. The first-order valence-corrected chi connectivity index (χ1v) is 9.28. The Labute approximate surface area is 141 Å². The third kappa shape index (κ3) is 3.90. The van der Waals surface area contributed by atoms with E-state index in [1.165, 1.54) is 29.3 Å². The zero-order valence-corrected chi connectivity index (χ0v) is 14.7. The number of rotatable bonds is 3. The van der Waals surface area contributed by atoms with Crippen molar-refractivity contribution >= 4 is 21.8 Å². The van der Waals surface area contributed by atoms with Crippen molar-refractivity contribution in [3.63, 3.8) is 0 Å². The highest BCUT2D eigenvalue weighted by molar-refractivity contribution is 9.10. The van der Waals surface area contributed by atoms with Crippen molar-refractivity contribution in [1.82, 2.24) is 9.80 Å². The minimum absolute atomic E-state index is 0.258. The molecule has 0 aliphatic carbocycles. The van der Waals surface area contributed by atoms with Crippen LogP contribution in [0.25, 0.3) is 0 Å². The van der Waals surface area contributed by atoms with Crippen LogP contribution in [0, 0.1) is 5.92 Å². The molecule has 22 heavy (non-hydrogen) atoms. The maximum atomic E-state index is 12.6. The Bertz CT molecular complexity index is 506. The highest BCUT2D eigenvalue weighted by atomic mass is 79.9. The minimum Gasteiger partial charge on any atom is -0.342 e. The Balaban J connectivity index is 1.50. The van der Waals surface area contributed by atoms with E-state index >= 15 is 0 Å². The number of carbonyl (C=O) groups is 1. The molecule has 0 aromatic heterocycles. The fraction of sp³-hybridized carbons (Fsp3) is 0.611. The first-order valence-electron chi connectivity index (χ1n) is 8.48. The van der Waals surface area contributed by atoms with E-state index in [2.05, 4.69) is 50.0 Å². The molecule has 3 rings (SSSR count). The predicted octanol–water partition coefficient (Wildman–Crippen LogP) is 3.67. The monoisotopic (exact) mass is 364 g/mol. The SMILES string of the molecule is O=C(C1CCN(Cc2ccccc2Br)CC1)N1CCCCC1. The lowest BCUT2D eigenvalue weighted by Gasteiger charge is -2.35. The van der Waals surface area contributed by atoms with Gasteiger partial charge in [-0.1, -0.05) is 34.1 Å². The third-order valence-electron chi connectivity index (χ3n) is 4.96. The standard InChI is InChI=1S/C18H25BrN2O/c19-17-7-3-2-6-16(17)14-20-12-8-15(9-13-20)18(22)21-10-4-1-5-11-21/h2-3,6-7,15H,1,4-5,8-14H2. The first kappa shape index (κ1) is 16.0. The first-order chi connectivity index (χ1) is 10.7. The summed E-state index contributed by atoms with van der Waals surface area (Å²) in [5.41, 5.74) is 1.34. The molecule has 120 valence electrons. The molecule has 2 aliphatic heterocycles. The topological polar surface area (TPSA) is 23.6 Å². The van der Waals surface area contributed by atoms with Crippen LogP contribution >= 0.6 is 15.9 Å². The van der Waals surface area contributed by atoms with Gasteiger partial charge in [0.2, 0.25) is 5.91 Å². The van der Waals surface area contributed by atoms with Crippen LogP contribution in [0.3, 0.4) is 0 Å². The number of nitrogens with zero attached hydrogens (tertiary/aromatic N) is 2. The summed E-state index contributed by atoms with van der Waals surface area (Å²) in [5, 5.41) is 0. The summed E-state index contributed by atoms with van der Waals surface area (Å²) in [6.07, 6.45) is 5.69. The predicted molar refractivity (Wildman–Crippen MR) is 92.6 cm³/mol. The van der Waals surface area contributed by atoms with E-state index in [0.717, 1.165) is 45.6 Å². The second kappa shape index (κ2) is 7.60. The average molecular weight is 365 g/mol. The van der Waals surface area contributed by atoms with Gasteiger partial charge in [-0.3, -0.25) is 9.69 Å². The van der Waals surface area contributed by atoms with Crippen LogP contribution in [0.2, 0.25) is 0 Å². The highest BCUT2D eigenvalue weighted by Crippen LogP contribution is 2.24. The van der Waals surface area contributed by atoms with E-state index in [9.17, 15) is 4.79 Å². The second-order valence-corrected chi connectivity index (χ2v) is 7.38. The minimum atomic E-state index is 0.258. The van der Waals surface area contributed by atoms with Crippen molar-refractivity contribution in [1.29, 1.82) is 0 Å². The van der Waals surface area contributed by atoms with Gasteiger partial charge >= 0.3 is 0 Å². The van der Waals surface area contributed by atoms with Crippen molar-refractivity contribution in [3.05, 3.63) is 34.3 Å². The Morgan fingerprint density at radius 3 is 2.41 bits per heavy atom. The molecule has 0 saturated carbocycles. The Hall–Kier alpha value is -0.870. The van der Waals surface area contributed by atoms with Gasteiger partial charge in [-0.2, -0.15) is 0 Å². The Kier molecular flexibility index (Phi) is 5.53. The molecule has 0 N–H and O–H groups in total. The fourth-order valence-electron chi connectivity index (χ4n) is 3.58. The number of hydrogen-bond donors (Lipinski definition) is 0. The third-order valence-corrected chi connectivity index (χ3v) is 5.73. The second-order valence-electron chi connectivity index (χ2n) is 6.53. The van der Waals surface area contributed by atoms with E-state index in [1.807, 2.05) is 0 Å². The number of amides is 1. The van der Waals surface area contributed by atoms with Crippen LogP contribution in [0.4, 0.5) is 0 Å². The molecule has 0 atom stereocenters. The lowest BCUT2D eigenvalue weighted by atomic mass is 9.94. The quantitative estimate of drug-likeness (QED) is 0.816. The van der Waals surface area contributed by atoms with Gasteiger partial charge in [0.1, 0.15) is 0 Å². The Morgan fingerprint density at radius 1 is 1.05 bits per heavy atom. The Morgan fingerprint density at radius 2 is 1.73 bits per heavy atom. The van der Waals surface area contributed by atoms with Gasteiger partial charge in [-0.25, -0.2) is 0 Å². The van der Waals surface area contributed by atoms with Gasteiger partial charge in [0.25, 0.3) is 0 Å². The van der Waals surface area contributed by atoms with Crippen molar-refractivity contribution < 1.29 is 4.79 Å². The molecular weight excluding hydrogens is 340 g/mol. The molecule has 0 bridgehead atoms. The molecule has 0 spiro atoms. The van der Waals surface area contributed by atoms with E-state index in [1.54, 1.807) is 0 Å². The van der Waals surface area contributed by atoms with Crippen LogP contribution < -0.4 is 0 Å². The largest absolute Gasteiger partial charge is 0.342 e. The molecule has 2 fully saturated rings. The van der Waals surface area contributed by atoms with Gasteiger partial charge < -0.3 is 4.90 Å². The molecule has 1 amide bonds. The van der Waals surface area contributed by atoms with Crippen LogP contribution in [-0.4, -0.2) is 41.9 Å². The van der Waals surface area contributed by atoms with E-state index in [0.29, 0.717) is 5.91 Å². The summed E-state index contributed by atoms with van der Waals surface area (Å²) in [5.74, 6) is 0.675. The summed E-state index contributed by atoms with van der Waals surface area (Å²) < 4.78 is 1.18. The summed E-state index contributed by atoms with van der Waals surface area (Å²) in [4.78, 5) is 17.2. The maximum absolute atomic E-state index is 12.6. The normalized spacial score (nSPS) is 21.0. The van der Waals surface area contributed by atoms with E-state index in [4.69, 9.17) is 0 Å². The number of piperidine rings is 2. The fourth-order valence-corrected chi connectivity index (χ4v) is 3.99. The number of hydrogen-bond acceptors (Lipinski definition) is 2. The number of halogens is 1. The number of carbonyl (C=O) groups excluding carboxylic acids is 1. The average Bonchev–Trinajstić information content (AvgIpc) is 2.58. The molecule has 0 radical (unpaired) electrons. The van der Waals surface area contributed by atoms with E-state index < -0.39 is 0 Å². The molecule has 1 aromatic rings. The van der Waals surface area contributed by atoms with Crippen LogP contribution in [0.1, 0.15) is 37.7 Å². The highest BCUT2D eigenvalue weighted by Gasteiger charge is 2.29. The molecule has 2 aliphatic rings. The lowest BCUT2D eigenvalue weighted by molar-refractivity contribution is -0.138. The zero-order valence-electron chi connectivity index (χ0n) is 13.1. The summed E-state index contributed by atoms with van der Waals surface area (Å²) >= 11 is 3.62. The van der Waals surface area contributed by atoms with Gasteiger partial charge in [0.05, 0.1) is 0 Å². The van der Waals surface area contributed by atoms with Crippen molar-refractivity contribution in [3.8, 4) is 0 Å². The molecule has 2 heterocycles. The number of benzene rings is 1. The van der Waals surface area contributed by atoms with Gasteiger partial charge in [0, 0.05) is 30.0 Å². The molecule has 0 unspecified atom stereocenters. The zero-order chi connectivity index (χ0) is 15.4. The molecule has 1 aromatic carbocycles. The van der Waals surface area contributed by atoms with Crippen molar-refractivity contribution in [2.75, 3.05) is 26.2 Å². The maximum Gasteiger partial charge on any atom is 0.225 e. The van der Waals surface area contributed by atoms with Gasteiger partial charge in [-0.15, -0.1) is 0 Å². The lowest BCUT2D eigenvalue weighted by Crippen LogP contribution is -2.44. The molecule has 3 nitrogen and oxygen atoms in total. The van der Waals surface area contributed by atoms with Crippen LogP contribution in [-0.2, 0) is 11.3 Å². The van der Waals surface area contributed by atoms with Crippen molar-refractivity contribution in [2.24, 2.45) is 5.92 Å². The molecule has 2 saturated heterocycles. The van der Waals surface area contributed by atoms with Crippen LogP contribution in [0.15, 0.2) is 28.7 Å². The van der Waals surface area contributed by atoms with Gasteiger partial charge in [0.15, 0.2) is 0 Å². The van der Waals surface area contributed by atoms with E-state index in [-0.39, 0.29) is 5.92 Å². The number of likely N-dealkylation sites (tertiary alicyclic amines) is 2. The summed E-state index contributed by atoms with van der Waals surface area (Å²) in [6.45, 7) is 5.01. The van der Waals surface area contributed by atoms with Crippen molar-refractivity contribution in [2.45, 2.75) is 38.6 Å². The smallest absolute Gasteiger partial charge is 0.225 e. The summed E-state index contributed by atoms with van der Waals surface area (Å²) in [7, 11) is 0. The van der Waals surface area contributed by atoms with Gasteiger partial charge in [-0.05, 0) is 56.8 Å². The summed E-state index contributed by atoms with van der Waals surface area (Å²) in [6, 6.07) is 8.42.